The molecule has 2 aromatic carbocycles. The van der Waals surface area contributed by atoms with E-state index in [1.807, 2.05) is 28.8 Å². The van der Waals surface area contributed by atoms with Gasteiger partial charge >= 0.3 is 0 Å². The zero-order chi connectivity index (χ0) is 19.0. The van der Waals surface area contributed by atoms with Gasteiger partial charge in [-0.2, -0.15) is 0 Å². The van der Waals surface area contributed by atoms with Crippen molar-refractivity contribution in [2.24, 2.45) is 0 Å². The van der Waals surface area contributed by atoms with Gasteiger partial charge in [-0.1, -0.05) is 36.4 Å². The quantitative estimate of drug-likeness (QED) is 0.704. The van der Waals surface area contributed by atoms with Crippen LogP contribution in [0.2, 0.25) is 0 Å². The van der Waals surface area contributed by atoms with Crippen molar-refractivity contribution >= 4 is 17.4 Å². The number of fused-ring (bicyclic) bond motifs is 1. The molecule has 4 nitrogen and oxygen atoms in total. The molecule has 1 aromatic heterocycles. The Morgan fingerprint density at radius 3 is 2.59 bits per heavy atom. The number of ketones is 1. The number of hydrogen-bond acceptors (Lipinski definition) is 2. The first-order valence-electron chi connectivity index (χ1n) is 8.91. The van der Waals surface area contributed by atoms with Crippen LogP contribution in [0.5, 0.6) is 0 Å². The lowest BCUT2D eigenvalue weighted by atomic mass is 10.0. The highest BCUT2D eigenvalue weighted by Gasteiger charge is 2.32. The fraction of sp³-hybridized carbons (Fsp3) is 0.182. The van der Waals surface area contributed by atoms with Gasteiger partial charge in [0.2, 0.25) is 11.7 Å². The van der Waals surface area contributed by atoms with Crippen LogP contribution < -0.4 is 5.32 Å². The molecule has 0 radical (unpaired) electrons. The number of aromatic nitrogens is 1. The molecule has 0 bridgehead atoms. The molecule has 5 heteroatoms. The molecule has 0 fully saturated rings. The van der Waals surface area contributed by atoms with Gasteiger partial charge in [0.25, 0.3) is 0 Å². The van der Waals surface area contributed by atoms with E-state index in [2.05, 4.69) is 5.32 Å². The van der Waals surface area contributed by atoms with E-state index in [1.165, 1.54) is 6.07 Å². The Morgan fingerprint density at radius 1 is 1.07 bits per heavy atom. The van der Waals surface area contributed by atoms with E-state index in [0.29, 0.717) is 24.2 Å². The Hall–Kier alpha value is -3.21. The van der Waals surface area contributed by atoms with Gasteiger partial charge in [-0.05, 0) is 43.2 Å². The molecule has 2 heterocycles. The Labute approximate surface area is 156 Å². The number of halogens is 1. The number of carbonyl (C=O) groups is 2. The Bertz CT molecular complexity index is 1020. The summed E-state index contributed by atoms with van der Waals surface area (Å²) in [6.07, 6.45) is 0.588. The second-order valence-electron chi connectivity index (χ2n) is 6.80. The highest BCUT2D eigenvalue weighted by molar-refractivity contribution is 6.08. The van der Waals surface area contributed by atoms with Crippen molar-refractivity contribution in [1.82, 2.24) is 4.57 Å². The van der Waals surface area contributed by atoms with Gasteiger partial charge in [-0.25, -0.2) is 4.39 Å². The maximum absolute atomic E-state index is 14.0. The summed E-state index contributed by atoms with van der Waals surface area (Å²) in [7, 11) is 0. The first-order valence-corrected chi connectivity index (χ1v) is 8.91. The van der Waals surface area contributed by atoms with Crippen LogP contribution in [-0.4, -0.2) is 16.3 Å². The van der Waals surface area contributed by atoms with Crippen LogP contribution >= 0.6 is 0 Å². The van der Waals surface area contributed by atoms with Gasteiger partial charge in [0.05, 0.1) is 17.3 Å². The van der Waals surface area contributed by atoms with Crippen LogP contribution in [0.4, 0.5) is 10.1 Å². The average Bonchev–Trinajstić information content (AvgIpc) is 3.26. The lowest BCUT2D eigenvalue weighted by molar-refractivity contribution is -0.117. The van der Waals surface area contributed by atoms with Crippen LogP contribution in [-0.2, 0) is 11.3 Å². The second-order valence-corrected chi connectivity index (χ2v) is 6.80. The van der Waals surface area contributed by atoms with Crippen molar-refractivity contribution in [3.63, 3.8) is 0 Å². The third-order valence-corrected chi connectivity index (χ3v) is 4.98. The van der Waals surface area contributed by atoms with E-state index in [4.69, 9.17) is 0 Å². The summed E-state index contributed by atoms with van der Waals surface area (Å²) in [4.78, 5) is 25.4. The first kappa shape index (κ1) is 17.2. The van der Waals surface area contributed by atoms with E-state index in [1.54, 1.807) is 37.3 Å². The van der Waals surface area contributed by atoms with Gasteiger partial charge in [0.1, 0.15) is 5.82 Å². The molecule has 0 saturated carbocycles. The van der Waals surface area contributed by atoms with E-state index in [0.717, 1.165) is 11.3 Å². The van der Waals surface area contributed by atoms with E-state index < -0.39 is 11.7 Å². The molecule has 1 atom stereocenters. The maximum Gasteiger partial charge on any atom is 0.233 e. The summed E-state index contributed by atoms with van der Waals surface area (Å²) in [5.74, 6) is -1.17. The molecule has 1 N–H and O–H groups in total. The summed E-state index contributed by atoms with van der Waals surface area (Å²) in [5.41, 5.74) is 2.96. The number of amides is 1. The van der Waals surface area contributed by atoms with E-state index in [9.17, 15) is 14.0 Å². The summed E-state index contributed by atoms with van der Waals surface area (Å²) in [6.45, 7) is 2.38. The molecular formula is C22H19FN2O2. The third kappa shape index (κ3) is 3.16. The van der Waals surface area contributed by atoms with Gasteiger partial charge in [0, 0.05) is 17.8 Å². The predicted molar refractivity (Wildman–Crippen MR) is 101 cm³/mol. The number of anilines is 1. The molecular weight excluding hydrogens is 343 g/mol. The zero-order valence-corrected chi connectivity index (χ0v) is 14.9. The smallest absolute Gasteiger partial charge is 0.233 e. The summed E-state index contributed by atoms with van der Waals surface area (Å²) in [5, 5.41) is 2.68. The molecule has 1 amide bonds. The number of aryl methyl sites for hydroxylation is 1. The van der Waals surface area contributed by atoms with Crippen molar-refractivity contribution < 1.29 is 14.0 Å². The second kappa shape index (κ2) is 6.83. The van der Waals surface area contributed by atoms with Crippen LogP contribution in [0, 0.1) is 12.7 Å². The zero-order valence-electron chi connectivity index (χ0n) is 14.9. The Balaban J connectivity index is 1.57. The van der Waals surface area contributed by atoms with Crippen LogP contribution in [0.3, 0.4) is 0 Å². The van der Waals surface area contributed by atoms with Crippen LogP contribution in [0.15, 0.2) is 60.7 Å². The van der Waals surface area contributed by atoms with Gasteiger partial charge in [0.15, 0.2) is 0 Å². The number of nitrogens with one attached hydrogen (secondary N) is 1. The standard InChI is InChI=1S/C22H19FN2O2/c1-14-7-8-18(17(23)13-14)24-22(27)16-11-12-25-19(16)9-10-20(25)21(26)15-5-3-2-4-6-15/h2-10,13,16H,11-12H2,1H3,(H,24,27)/t16-/m1/s1. The lowest BCUT2D eigenvalue weighted by Gasteiger charge is -2.11. The summed E-state index contributed by atoms with van der Waals surface area (Å²) < 4.78 is 15.9. The van der Waals surface area contributed by atoms with Crippen LogP contribution in [0.1, 0.15) is 39.6 Å². The molecule has 0 unspecified atom stereocenters. The highest BCUT2D eigenvalue weighted by Crippen LogP contribution is 2.32. The Morgan fingerprint density at radius 2 is 1.85 bits per heavy atom. The number of carbonyl (C=O) groups excluding carboxylic acids is 2. The van der Waals surface area contributed by atoms with Crippen molar-refractivity contribution in [1.29, 1.82) is 0 Å². The number of hydrogen-bond donors (Lipinski definition) is 1. The van der Waals surface area contributed by atoms with Crippen molar-refractivity contribution in [2.75, 3.05) is 5.32 Å². The van der Waals surface area contributed by atoms with E-state index in [-0.39, 0.29) is 17.4 Å². The minimum Gasteiger partial charge on any atom is -0.341 e. The van der Waals surface area contributed by atoms with Gasteiger partial charge in [-0.15, -0.1) is 0 Å². The molecule has 1 aliphatic heterocycles. The third-order valence-electron chi connectivity index (χ3n) is 4.98. The minimum atomic E-state index is -0.448. The first-order chi connectivity index (χ1) is 13.0. The molecule has 1 aliphatic rings. The minimum absolute atomic E-state index is 0.0625. The molecule has 0 spiro atoms. The normalized spacial score (nSPS) is 15.4. The molecule has 0 saturated heterocycles. The van der Waals surface area contributed by atoms with Crippen molar-refractivity contribution in [2.45, 2.75) is 25.8 Å². The van der Waals surface area contributed by atoms with Gasteiger partial charge < -0.3 is 9.88 Å². The monoisotopic (exact) mass is 362 g/mol. The highest BCUT2D eigenvalue weighted by atomic mass is 19.1. The summed E-state index contributed by atoms with van der Waals surface area (Å²) >= 11 is 0. The molecule has 0 aliphatic carbocycles. The SMILES string of the molecule is Cc1ccc(NC(=O)[C@@H]2CCn3c(C(=O)c4ccccc4)ccc32)c(F)c1. The van der Waals surface area contributed by atoms with Gasteiger partial charge in [-0.3, -0.25) is 9.59 Å². The Kier molecular flexibility index (Phi) is 4.36. The van der Waals surface area contributed by atoms with Crippen molar-refractivity contribution in [3.05, 3.63) is 89.0 Å². The average molecular weight is 362 g/mol. The molecule has 3 aromatic rings. The number of rotatable bonds is 4. The fourth-order valence-corrected chi connectivity index (χ4v) is 3.59. The summed E-state index contributed by atoms with van der Waals surface area (Å²) in [6, 6.07) is 17.4. The predicted octanol–water partition coefficient (Wildman–Crippen LogP) is 4.29. The largest absolute Gasteiger partial charge is 0.341 e. The lowest BCUT2D eigenvalue weighted by Crippen LogP contribution is -2.20. The number of nitrogens with zero attached hydrogens (tertiary/aromatic N) is 1. The van der Waals surface area contributed by atoms with Crippen LogP contribution in [0.25, 0.3) is 0 Å². The topological polar surface area (TPSA) is 51.1 Å². The molecule has 4 rings (SSSR count). The number of benzene rings is 2. The fourth-order valence-electron chi connectivity index (χ4n) is 3.59. The van der Waals surface area contributed by atoms with E-state index >= 15 is 0 Å². The van der Waals surface area contributed by atoms with Crippen molar-refractivity contribution in [3.8, 4) is 0 Å². The molecule has 136 valence electrons. The molecule has 27 heavy (non-hydrogen) atoms. The maximum atomic E-state index is 14.0.